The number of hydrogen-bond donors (Lipinski definition) is 1. The summed E-state index contributed by atoms with van der Waals surface area (Å²) < 4.78 is 5.29. The van der Waals surface area contributed by atoms with Crippen molar-refractivity contribution in [2.45, 2.75) is 31.7 Å². The van der Waals surface area contributed by atoms with E-state index in [0.29, 0.717) is 13.2 Å². The average molecular weight is 227 g/mol. The second-order valence-corrected chi connectivity index (χ2v) is 5.14. The lowest BCUT2D eigenvalue weighted by molar-refractivity contribution is -0.143. The van der Waals surface area contributed by atoms with Crippen molar-refractivity contribution in [3.05, 3.63) is 0 Å². The molecule has 0 bridgehead atoms. The van der Waals surface area contributed by atoms with Crippen LogP contribution in [0, 0.1) is 11.8 Å². The van der Waals surface area contributed by atoms with E-state index in [1.165, 1.54) is 25.7 Å². The Morgan fingerprint density at radius 1 is 1.38 bits per heavy atom. The minimum Gasteiger partial charge on any atom is -0.481 e. The van der Waals surface area contributed by atoms with E-state index in [4.69, 9.17) is 9.84 Å². The van der Waals surface area contributed by atoms with Gasteiger partial charge in [-0.2, -0.15) is 0 Å². The lowest BCUT2D eigenvalue weighted by Crippen LogP contribution is -2.42. The molecule has 0 spiro atoms. The van der Waals surface area contributed by atoms with E-state index < -0.39 is 5.97 Å². The Bertz CT molecular complexity index is 251. The summed E-state index contributed by atoms with van der Waals surface area (Å²) in [6.07, 6.45) is 5.27. The molecule has 0 amide bonds. The summed E-state index contributed by atoms with van der Waals surface area (Å²) in [7, 11) is 2.04. The fourth-order valence-corrected chi connectivity index (χ4v) is 2.95. The number of carboxylic acid groups (broad SMARTS) is 1. The van der Waals surface area contributed by atoms with Crippen LogP contribution in [0.5, 0.6) is 0 Å². The first-order valence-electron chi connectivity index (χ1n) is 6.19. The van der Waals surface area contributed by atoms with Crippen molar-refractivity contribution in [3.63, 3.8) is 0 Å². The van der Waals surface area contributed by atoms with Gasteiger partial charge in [0.15, 0.2) is 0 Å². The molecule has 1 N–H and O–H groups in total. The van der Waals surface area contributed by atoms with Crippen molar-refractivity contribution in [1.82, 2.24) is 4.90 Å². The third-order valence-electron chi connectivity index (χ3n) is 3.95. The molecule has 1 heterocycles. The number of likely N-dealkylation sites (N-methyl/N-ethyl adjacent to an activating group) is 1. The maximum Gasteiger partial charge on any atom is 0.310 e. The van der Waals surface area contributed by atoms with Gasteiger partial charge in [-0.05, 0) is 25.8 Å². The van der Waals surface area contributed by atoms with Crippen LogP contribution in [0.15, 0.2) is 0 Å². The summed E-state index contributed by atoms with van der Waals surface area (Å²) in [5.41, 5.74) is 0. The van der Waals surface area contributed by atoms with E-state index in [9.17, 15) is 4.79 Å². The molecular formula is C12H21NO3. The Morgan fingerprint density at radius 3 is 2.69 bits per heavy atom. The third kappa shape index (κ3) is 2.55. The Balaban J connectivity index is 1.87. The fourth-order valence-electron chi connectivity index (χ4n) is 2.95. The maximum absolute atomic E-state index is 11.0. The lowest BCUT2D eigenvalue weighted by atomic mass is 10.0. The summed E-state index contributed by atoms with van der Waals surface area (Å²) in [5, 5.41) is 9.09. The molecule has 2 rings (SSSR count). The molecule has 16 heavy (non-hydrogen) atoms. The van der Waals surface area contributed by atoms with Crippen LogP contribution in [-0.2, 0) is 9.53 Å². The topological polar surface area (TPSA) is 49.8 Å². The molecule has 0 radical (unpaired) electrons. The molecular weight excluding hydrogens is 206 g/mol. The number of carbonyl (C=O) groups is 1. The highest BCUT2D eigenvalue weighted by molar-refractivity contribution is 5.71. The third-order valence-corrected chi connectivity index (χ3v) is 3.95. The van der Waals surface area contributed by atoms with Crippen LogP contribution in [-0.4, -0.2) is 48.8 Å². The van der Waals surface area contributed by atoms with Gasteiger partial charge in [-0.3, -0.25) is 9.69 Å². The predicted octanol–water partition coefficient (Wildman–Crippen LogP) is 1.21. The molecule has 92 valence electrons. The molecule has 2 unspecified atom stereocenters. The second kappa shape index (κ2) is 5.15. The van der Waals surface area contributed by atoms with Gasteiger partial charge in [0.05, 0.1) is 19.1 Å². The molecule has 0 aromatic heterocycles. The summed E-state index contributed by atoms with van der Waals surface area (Å²) in [5.74, 6) is -0.299. The highest BCUT2D eigenvalue weighted by Crippen LogP contribution is 2.27. The zero-order valence-corrected chi connectivity index (χ0v) is 9.89. The molecule has 4 nitrogen and oxygen atoms in total. The Labute approximate surface area is 96.6 Å². The van der Waals surface area contributed by atoms with Gasteiger partial charge in [0.25, 0.3) is 0 Å². The quantitative estimate of drug-likeness (QED) is 0.784. The van der Waals surface area contributed by atoms with Crippen LogP contribution >= 0.6 is 0 Å². The van der Waals surface area contributed by atoms with Crippen molar-refractivity contribution < 1.29 is 14.6 Å². The fraction of sp³-hybridized carbons (Fsp3) is 0.917. The molecule has 0 aromatic carbocycles. The summed E-state index contributed by atoms with van der Waals surface area (Å²) >= 11 is 0. The maximum atomic E-state index is 11.0. The highest BCUT2D eigenvalue weighted by Gasteiger charge is 2.37. The molecule has 2 aliphatic rings. The summed E-state index contributed by atoms with van der Waals surface area (Å²) in [6.45, 7) is 1.97. The minimum absolute atomic E-state index is 0.0677. The summed E-state index contributed by atoms with van der Waals surface area (Å²) in [6, 6.07) is 0.0677. The van der Waals surface area contributed by atoms with Crippen molar-refractivity contribution in [1.29, 1.82) is 0 Å². The second-order valence-electron chi connectivity index (χ2n) is 5.14. The van der Waals surface area contributed by atoms with Crippen molar-refractivity contribution >= 4 is 5.97 Å². The van der Waals surface area contributed by atoms with E-state index in [0.717, 1.165) is 12.5 Å². The zero-order valence-electron chi connectivity index (χ0n) is 9.89. The van der Waals surface area contributed by atoms with E-state index in [1.54, 1.807) is 0 Å². The van der Waals surface area contributed by atoms with Gasteiger partial charge in [0, 0.05) is 12.6 Å². The molecule has 1 saturated carbocycles. The van der Waals surface area contributed by atoms with E-state index >= 15 is 0 Å². The molecule has 4 heteroatoms. The Hall–Kier alpha value is -0.610. The average Bonchev–Trinajstić information content (AvgIpc) is 2.86. The van der Waals surface area contributed by atoms with Crippen LogP contribution in [0.4, 0.5) is 0 Å². The van der Waals surface area contributed by atoms with Crippen LogP contribution in [0.2, 0.25) is 0 Å². The first-order valence-corrected chi connectivity index (χ1v) is 6.19. The van der Waals surface area contributed by atoms with Gasteiger partial charge in [-0.15, -0.1) is 0 Å². The first-order chi connectivity index (χ1) is 7.68. The van der Waals surface area contributed by atoms with Gasteiger partial charge in [0.2, 0.25) is 0 Å². The van der Waals surface area contributed by atoms with Crippen molar-refractivity contribution in [3.8, 4) is 0 Å². The van der Waals surface area contributed by atoms with E-state index in [2.05, 4.69) is 4.90 Å². The van der Waals surface area contributed by atoms with Gasteiger partial charge in [0.1, 0.15) is 0 Å². The molecule has 1 aliphatic heterocycles. The highest BCUT2D eigenvalue weighted by atomic mass is 16.5. The number of carboxylic acids is 1. The van der Waals surface area contributed by atoms with Crippen LogP contribution in [0.3, 0.4) is 0 Å². The molecule has 2 atom stereocenters. The number of rotatable bonds is 4. The first kappa shape index (κ1) is 11.9. The molecule has 1 aliphatic carbocycles. The van der Waals surface area contributed by atoms with Crippen LogP contribution < -0.4 is 0 Å². The van der Waals surface area contributed by atoms with E-state index in [1.807, 2.05) is 7.05 Å². The SMILES string of the molecule is CN(CC1CCCC1)C1COCC1C(=O)O. The van der Waals surface area contributed by atoms with Gasteiger partial charge < -0.3 is 9.84 Å². The lowest BCUT2D eigenvalue weighted by Gasteiger charge is -2.28. The van der Waals surface area contributed by atoms with Crippen LogP contribution in [0.25, 0.3) is 0 Å². The molecule has 2 fully saturated rings. The van der Waals surface area contributed by atoms with Gasteiger partial charge >= 0.3 is 5.97 Å². The van der Waals surface area contributed by atoms with Gasteiger partial charge in [-0.1, -0.05) is 12.8 Å². The minimum atomic E-state index is -0.722. The predicted molar refractivity (Wildman–Crippen MR) is 60.3 cm³/mol. The monoisotopic (exact) mass is 227 g/mol. The molecule has 0 aromatic rings. The Kier molecular flexibility index (Phi) is 3.82. The zero-order chi connectivity index (χ0) is 11.5. The van der Waals surface area contributed by atoms with Gasteiger partial charge in [-0.25, -0.2) is 0 Å². The molecule has 1 saturated heterocycles. The van der Waals surface area contributed by atoms with Crippen LogP contribution in [0.1, 0.15) is 25.7 Å². The standard InChI is InChI=1S/C12H21NO3/c1-13(6-9-4-2-3-5-9)11-8-16-7-10(11)12(14)15/h9-11H,2-8H2,1H3,(H,14,15). The summed E-state index contributed by atoms with van der Waals surface area (Å²) in [4.78, 5) is 13.2. The number of nitrogens with zero attached hydrogens (tertiary/aromatic N) is 1. The Morgan fingerprint density at radius 2 is 2.06 bits per heavy atom. The number of hydrogen-bond acceptors (Lipinski definition) is 3. The smallest absolute Gasteiger partial charge is 0.310 e. The van der Waals surface area contributed by atoms with Crippen molar-refractivity contribution in [2.24, 2.45) is 11.8 Å². The van der Waals surface area contributed by atoms with E-state index in [-0.39, 0.29) is 12.0 Å². The number of ether oxygens (including phenoxy) is 1. The normalized spacial score (nSPS) is 31.4. The largest absolute Gasteiger partial charge is 0.481 e. The number of aliphatic carboxylic acids is 1. The van der Waals surface area contributed by atoms with Crippen molar-refractivity contribution in [2.75, 3.05) is 26.8 Å².